The Morgan fingerprint density at radius 1 is 1.42 bits per heavy atom. The lowest BCUT2D eigenvalue weighted by Crippen LogP contribution is -2.68. The lowest BCUT2D eigenvalue weighted by atomic mass is 9.55. The van der Waals surface area contributed by atoms with Crippen LogP contribution in [0.25, 0.3) is 0 Å². The molecule has 0 bridgehead atoms. The molecule has 0 aliphatic heterocycles. The van der Waals surface area contributed by atoms with Gasteiger partial charge < -0.3 is 15.0 Å². The molecule has 1 amide bonds. The molecule has 0 aromatic rings. The third-order valence-electron chi connectivity index (χ3n) is 4.91. The van der Waals surface area contributed by atoms with Gasteiger partial charge >= 0.3 is 0 Å². The van der Waals surface area contributed by atoms with Crippen LogP contribution in [-0.2, 0) is 9.53 Å². The van der Waals surface area contributed by atoms with Crippen molar-refractivity contribution in [3.8, 4) is 0 Å². The topological polar surface area (TPSA) is 41.6 Å². The molecule has 0 aromatic carbocycles. The highest BCUT2D eigenvalue weighted by Gasteiger charge is 2.59. The third kappa shape index (κ3) is 3.41. The fraction of sp³-hybridized carbons (Fsp3) is 0.929. The molecule has 1 fully saturated rings. The zero-order valence-electron chi connectivity index (χ0n) is 13.1. The van der Waals surface area contributed by atoms with Crippen molar-refractivity contribution in [3.63, 3.8) is 0 Å². The summed E-state index contributed by atoms with van der Waals surface area (Å²) >= 11 is 0. The zero-order chi connectivity index (χ0) is 14.0. The first-order valence-corrected chi connectivity index (χ1v) is 6.75. The van der Waals surface area contributed by atoms with E-state index in [9.17, 15) is 4.79 Å². The van der Waals surface area contributed by atoms with E-state index in [1.807, 2.05) is 19.0 Å². The molecule has 1 N–H and O–H groups in total. The molecule has 0 saturated heterocycles. The van der Waals surface area contributed by atoms with Crippen molar-refractivity contribution in [2.45, 2.75) is 51.7 Å². The summed E-state index contributed by atoms with van der Waals surface area (Å²) in [4.78, 5) is 14.0. The number of hydrogen-bond acceptors (Lipinski definition) is 3. The van der Waals surface area contributed by atoms with Crippen LogP contribution < -0.4 is 5.32 Å². The first-order valence-electron chi connectivity index (χ1n) is 6.75. The molecule has 114 valence electrons. The molecule has 0 radical (unpaired) electrons. The molecular weight excluding hydrogens is 264 g/mol. The minimum absolute atomic E-state index is 0. The number of nitrogens with zero attached hydrogens (tertiary/aromatic N) is 1. The summed E-state index contributed by atoms with van der Waals surface area (Å²) in [6.45, 7) is 7.39. The van der Waals surface area contributed by atoms with Crippen LogP contribution in [-0.4, -0.2) is 50.2 Å². The van der Waals surface area contributed by atoms with Crippen molar-refractivity contribution in [2.75, 3.05) is 27.7 Å². The number of nitrogens with one attached hydrogen (secondary N) is 1. The average Bonchev–Trinajstić information content (AvgIpc) is 2.34. The molecule has 19 heavy (non-hydrogen) atoms. The van der Waals surface area contributed by atoms with E-state index >= 15 is 0 Å². The fourth-order valence-electron chi connectivity index (χ4n) is 2.84. The van der Waals surface area contributed by atoms with Crippen molar-refractivity contribution in [2.24, 2.45) is 5.41 Å². The van der Waals surface area contributed by atoms with Gasteiger partial charge in [-0.3, -0.25) is 4.79 Å². The summed E-state index contributed by atoms with van der Waals surface area (Å²) in [5, 5.41) is 3.07. The smallest absolute Gasteiger partial charge is 0.222 e. The van der Waals surface area contributed by atoms with Gasteiger partial charge in [0.15, 0.2) is 0 Å². The minimum Gasteiger partial charge on any atom is -0.378 e. The largest absolute Gasteiger partial charge is 0.378 e. The van der Waals surface area contributed by atoms with Gasteiger partial charge in [0.05, 0.1) is 5.60 Å². The fourth-order valence-corrected chi connectivity index (χ4v) is 2.84. The van der Waals surface area contributed by atoms with Crippen LogP contribution >= 0.6 is 12.4 Å². The molecule has 1 rings (SSSR count). The highest BCUT2D eigenvalue weighted by molar-refractivity contribution is 5.85. The maximum absolute atomic E-state index is 12.1. The summed E-state index contributed by atoms with van der Waals surface area (Å²) < 4.78 is 5.60. The van der Waals surface area contributed by atoms with Gasteiger partial charge in [-0.25, -0.2) is 0 Å². The maximum Gasteiger partial charge on any atom is 0.222 e. The van der Waals surface area contributed by atoms with Crippen LogP contribution in [0.5, 0.6) is 0 Å². The summed E-state index contributed by atoms with van der Waals surface area (Å²) in [5.41, 5.74) is -0.105. The average molecular weight is 293 g/mol. The molecule has 2 unspecified atom stereocenters. The Balaban J connectivity index is 0.00000324. The predicted molar refractivity (Wildman–Crippen MR) is 80.8 cm³/mol. The number of methoxy groups -OCH3 is 1. The first kappa shape index (κ1) is 18.7. The molecule has 1 aliphatic rings. The number of rotatable bonds is 6. The van der Waals surface area contributed by atoms with Crippen LogP contribution in [0.15, 0.2) is 0 Å². The summed E-state index contributed by atoms with van der Waals surface area (Å²) in [5.74, 6) is 0.237. The molecule has 1 saturated carbocycles. The molecule has 1 aliphatic carbocycles. The van der Waals surface area contributed by atoms with Crippen molar-refractivity contribution in [1.82, 2.24) is 10.2 Å². The van der Waals surface area contributed by atoms with Crippen LogP contribution in [0.4, 0.5) is 0 Å². The number of halogens is 1. The maximum atomic E-state index is 12.1. The van der Waals surface area contributed by atoms with Gasteiger partial charge in [-0.05, 0) is 33.4 Å². The second-order valence-electron chi connectivity index (χ2n) is 6.09. The number of carbonyl (C=O) groups is 1. The Bertz CT molecular complexity index is 310. The number of amides is 1. The number of carbonyl (C=O) groups excluding carboxylic acids is 1. The van der Waals surface area contributed by atoms with Gasteiger partial charge in [-0.2, -0.15) is 0 Å². The Morgan fingerprint density at radius 3 is 2.42 bits per heavy atom. The van der Waals surface area contributed by atoms with Gasteiger partial charge in [0.2, 0.25) is 5.91 Å². The Kier molecular flexibility index (Phi) is 6.79. The predicted octanol–water partition coefficient (Wildman–Crippen LogP) is 2.07. The van der Waals surface area contributed by atoms with Crippen LogP contribution in [0, 0.1) is 5.41 Å². The van der Waals surface area contributed by atoms with E-state index in [2.05, 4.69) is 26.1 Å². The molecule has 0 aromatic heterocycles. The van der Waals surface area contributed by atoms with E-state index in [0.717, 1.165) is 19.4 Å². The summed E-state index contributed by atoms with van der Waals surface area (Å²) in [7, 11) is 5.59. The summed E-state index contributed by atoms with van der Waals surface area (Å²) in [6, 6.07) is 0.282. The molecule has 4 nitrogen and oxygen atoms in total. The third-order valence-corrected chi connectivity index (χ3v) is 4.91. The Hall–Kier alpha value is -0.320. The highest BCUT2D eigenvalue weighted by Crippen LogP contribution is 2.53. The van der Waals surface area contributed by atoms with E-state index in [0.29, 0.717) is 6.42 Å². The van der Waals surface area contributed by atoms with E-state index in [1.54, 1.807) is 7.11 Å². The van der Waals surface area contributed by atoms with E-state index in [-0.39, 0.29) is 35.4 Å². The molecule has 0 spiro atoms. The van der Waals surface area contributed by atoms with Crippen LogP contribution in [0.3, 0.4) is 0 Å². The first-order chi connectivity index (χ1) is 8.30. The SMILES string of the molecule is CNCCCC(=O)N(C)C1CC(C)(OC)C1(C)C.Cl. The van der Waals surface area contributed by atoms with Gasteiger partial charge in [-0.15, -0.1) is 12.4 Å². The Labute approximate surface area is 123 Å². The lowest BCUT2D eigenvalue weighted by molar-refractivity contribution is -0.207. The normalized spacial score (nSPS) is 28.2. The van der Waals surface area contributed by atoms with Crippen molar-refractivity contribution < 1.29 is 9.53 Å². The van der Waals surface area contributed by atoms with Crippen LogP contribution in [0.1, 0.15) is 40.0 Å². The second-order valence-corrected chi connectivity index (χ2v) is 6.09. The quantitative estimate of drug-likeness (QED) is 0.762. The zero-order valence-corrected chi connectivity index (χ0v) is 13.9. The minimum atomic E-state index is -0.114. The van der Waals surface area contributed by atoms with Crippen LogP contribution in [0.2, 0.25) is 0 Å². The second kappa shape index (κ2) is 6.91. The van der Waals surface area contributed by atoms with Gasteiger partial charge in [0.25, 0.3) is 0 Å². The molecular formula is C14H29ClN2O2. The molecule has 2 atom stereocenters. The summed E-state index contributed by atoms with van der Waals surface area (Å²) in [6.07, 6.45) is 2.44. The number of ether oxygens (including phenoxy) is 1. The van der Waals surface area contributed by atoms with Crippen molar-refractivity contribution in [1.29, 1.82) is 0 Å². The standard InChI is InChI=1S/C14H28N2O2.ClH/c1-13(2)11(10-14(13,3)18-6)16(5)12(17)8-7-9-15-4;/h11,15H,7-10H2,1-6H3;1H. The van der Waals surface area contributed by atoms with E-state index < -0.39 is 0 Å². The monoisotopic (exact) mass is 292 g/mol. The Morgan fingerprint density at radius 2 is 2.00 bits per heavy atom. The van der Waals surface area contributed by atoms with E-state index in [1.165, 1.54) is 0 Å². The lowest BCUT2D eigenvalue weighted by Gasteiger charge is -2.61. The van der Waals surface area contributed by atoms with E-state index in [4.69, 9.17) is 4.74 Å². The van der Waals surface area contributed by atoms with Gasteiger partial charge in [0.1, 0.15) is 0 Å². The van der Waals surface area contributed by atoms with Gasteiger partial charge in [0, 0.05) is 32.0 Å². The van der Waals surface area contributed by atoms with Crippen molar-refractivity contribution in [3.05, 3.63) is 0 Å². The number of hydrogen-bond donors (Lipinski definition) is 1. The molecule has 5 heteroatoms. The van der Waals surface area contributed by atoms with Crippen molar-refractivity contribution >= 4 is 18.3 Å². The van der Waals surface area contributed by atoms with Gasteiger partial charge in [-0.1, -0.05) is 13.8 Å². The highest BCUT2D eigenvalue weighted by atomic mass is 35.5. The molecule has 0 heterocycles.